The lowest BCUT2D eigenvalue weighted by Gasteiger charge is -2.13. The van der Waals surface area contributed by atoms with Crippen molar-refractivity contribution in [3.8, 4) is 11.3 Å². The maximum absolute atomic E-state index is 6.35. The van der Waals surface area contributed by atoms with Crippen LogP contribution in [0.5, 0.6) is 0 Å². The van der Waals surface area contributed by atoms with Crippen LogP contribution in [0.2, 0.25) is 0 Å². The van der Waals surface area contributed by atoms with Gasteiger partial charge in [0.1, 0.15) is 11.2 Å². The fraction of sp³-hybridized carbons (Fsp3) is 0.250. The second kappa shape index (κ2) is 5.89. The molecule has 3 aromatic heterocycles. The molecular weight excluding hydrogens is 364 g/mol. The first-order chi connectivity index (χ1) is 13.3. The van der Waals surface area contributed by atoms with Crippen molar-refractivity contribution in [3.63, 3.8) is 0 Å². The van der Waals surface area contributed by atoms with E-state index in [2.05, 4.69) is 69.9 Å². The summed E-state index contributed by atoms with van der Waals surface area (Å²) in [7, 11) is 0. The summed E-state index contributed by atoms with van der Waals surface area (Å²) in [5, 5.41) is 3.43. The first kappa shape index (κ1) is 17.4. The molecule has 0 radical (unpaired) electrons. The maximum Gasteiger partial charge on any atom is 0.144 e. The minimum absolute atomic E-state index is 0.0318. The highest BCUT2D eigenvalue weighted by molar-refractivity contribution is 7.19. The van der Waals surface area contributed by atoms with E-state index in [1.807, 2.05) is 12.3 Å². The van der Waals surface area contributed by atoms with Crippen LogP contribution in [0.1, 0.15) is 36.9 Å². The molecule has 0 unspecified atom stereocenters. The molecule has 0 spiro atoms. The van der Waals surface area contributed by atoms with Crippen LogP contribution in [0.4, 0.5) is 0 Å². The molecule has 3 heterocycles. The van der Waals surface area contributed by atoms with E-state index in [0.717, 1.165) is 43.7 Å². The fourth-order valence-electron chi connectivity index (χ4n) is 3.56. The monoisotopic (exact) mass is 386 g/mol. The number of rotatable bonds is 1. The summed E-state index contributed by atoms with van der Waals surface area (Å²) in [6.45, 7) is 10.8. The number of aromatic nitrogens is 2. The van der Waals surface area contributed by atoms with E-state index >= 15 is 0 Å². The summed E-state index contributed by atoms with van der Waals surface area (Å²) in [4.78, 5) is 9.55. The molecule has 0 bridgehead atoms. The molecule has 5 aromatic rings. The average Bonchev–Trinajstić information content (AvgIpc) is 3.24. The Morgan fingerprint density at radius 3 is 2.57 bits per heavy atom. The number of para-hydroxylation sites is 1. The Balaban J connectivity index is 1.84. The van der Waals surface area contributed by atoms with Crippen molar-refractivity contribution >= 4 is 43.5 Å². The zero-order chi connectivity index (χ0) is 19.6. The van der Waals surface area contributed by atoms with Crippen molar-refractivity contribution in [2.24, 2.45) is 0 Å². The topological polar surface area (TPSA) is 38.9 Å². The number of thiazole rings is 1. The van der Waals surface area contributed by atoms with Gasteiger partial charge in [-0.15, -0.1) is 11.3 Å². The van der Waals surface area contributed by atoms with E-state index in [-0.39, 0.29) is 5.41 Å². The fourth-order valence-corrected chi connectivity index (χ4v) is 4.74. The quantitative estimate of drug-likeness (QED) is 0.306. The van der Waals surface area contributed by atoms with Gasteiger partial charge in [0, 0.05) is 27.9 Å². The van der Waals surface area contributed by atoms with Crippen LogP contribution >= 0.6 is 11.3 Å². The van der Waals surface area contributed by atoms with Gasteiger partial charge in [0.15, 0.2) is 0 Å². The molecule has 0 fully saturated rings. The van der Waals surface area contributed by atoms with Crippen LogP contribution in [0.15, 0.2) is 47.0 Å². The SMILES string of the molecule is Cc1cnc(-c2cccc3c2oc2ccc4nc(C(C)(C)C)sc4c23)cc1C. The van der Waals surface area contributed by atoms with Gasteiger partial charge in [0.25, 0.3) is 0 Å². The second-order valence-corrected chi connectivity index (χ2v) is 9.49. The van der Waals surface area contributed by atoms with Crippen molar-refractivity contribution < 1.29 is 4.42 Å². The molecule has 5 rings (SSSR count). The van der Waals surface area contributed by atoms with Crippen molar-refractivity contribution in [2.45, 2.75) is 40.0 Å². The number of aryl methyl sites for hydroxylation is 2. The minimum atomic E-state index is 0.0318. The van der Waals surface area contributed by atoms with Crippen LogP contribution in [0, 0.1) is 13.8 Å². The standard InChI is InChI=1S/C24H22N2OS/c1-13-11-18(25-12-14(13)2)15-7-6-8-16-20-19(27-21(15)16)10-9-17-22(20)28-23(26-17)24(3,4)5/h6-12H,1-5H3. The first-order valence-electron chi connectivity index (χ1n) is 9.52. The number of nitrogens with zero attached hydrogens (tertiary/aromatic N) is 2. The highest BCUT2D eigenvalue weighted by atomic mass is 32.1. The van der Waals surface area contributed by atoms with Crippen molar-refractivity contribution in [2.75, 3.05) is 0 Å². The molecule has 0 saturated heterocycles. The molecule has 4 heteroatoms. The van der Waals surface area contributed by atoms with Crippen molar-refractivity contribution in [1.29, 1.82) is 0 Å². The van der Waals surface area contributed by atoms with Gasteiger partial charge < -0.3 is 4.42 Å². The van der Waals surface area contributed by atoms with E-state index in [4.69, 9.17) is 9.40 Å². The Kier molecular flexibility index (Phi) is 3.65. The van der Waals surface area contributed by atoms with E-state index in [0.29, 0.717) is 0 Å². The predicted molar refractivity (Wildman–Crippen MR) is 118 cm³/mol. The van der Waals surface area contributed by atoms with Crippen molar-refractivity contribution in [1.82, 2.24) is 9.97 Å². The van der Waals surface area contributed by atoms with Gasteiger partial charge in [-0.3, -0.25) is 4.98 Å². The molecule has 28 heavy (non-hydrogen) atoms. The maximum atomic E-state index is 6.35. The Bertz CT molecular complexity index is 1370. The number of hydrogen-bond acceptors (Lipinski definition) is 4. The third-order valence-corrected chi connectivity index (χ3v) is 6.82. The average molecular weight is 387 g/mol. The Hall–Kier alpha value is -2.72. The molecule has 0 amide bonds. The molecule has 0 aliphatic carbocycles. The Morgan fingerprint density at radius 2 is 1.82 bits per heavy atom. The number of benzene rings is 2. The van der Waals surface area contributed by atoms with Gasteiger partial charge in [0.2, 0.25) is 0 Å². The van der Waals surface area contributed by atoms with Gasteiger partial charge in [-0.2, -0.15) is 0 Å². The number of fused-ring (bicyclic) bond motifs is 5. The summed E-state index contributed by atoms with van der Waals surface area (Å²) in [6, 6.07) is 12.6. The van der Waals surface area contributed by atoms with E-state index in [1.54, 1.807) is 11.3 Å². The summed E-state index contributed by atoms with van der Waals surface area (Å²) >= 11 is 1.77. The van der Waals surface area contributed by atoms with E-state index in [1.165, 1.54) is 15.8 Å². The largest absolute Gasteiger partial charge is 0.455 e. The van der Waals surface area contributed by atoms with Crippen LogP contribution in [0.3, 0.4) is 0 Å². The van der Waals surface area contributed by atoms with Crippen LogP contribution in [-0.2, 0) is 5.41 Å². The third kappa shape index (κ3) is 2.55. The summed E-state index contributed by atoms with van der Waals surface area (Å²) in [5.74, 6) is 0. The third-order valence-electron chi connectivity index (χ3n) is 5.31. The number of pyridine rings is 1. The van der Waals surface area contributed by atoms with E-state index in [9.17, 15) is 0 Å². The molecule has 3 nitrogen and oxygen atoms in total. The molecular formula is C24H22N2OS. The van der Waals surface area contributed by atoms with Gasteiger partial charge in [-0.1, -0.05) is 32.9 Å². The number of furan rings is 1. The molecule has 0 saturated carbocycles. The molecule has 0 N–H and O–H groups in total. The predicted octanol–water partition coefficient (Wildman–Crippen LogP) is 7.17. The summed E-state index contributed by atoms with van der Waals surface area (Å²) < 4.78 is 7.55. The van der Waals surface area contributed by atoms with Crippen LogP contribution in [-0.4, -0.2) is 9.97 Å². The molecule has 0 aliphatic heterocycles. The lowest BCUT2D eigenvalue weighted by Crippen LogP contribution is -2.09. The zero-order valence-electron chi connectivity index (χ0n) is 16.8. The van der Waals surface area contributed by atoms with Gasteiger partial charge in [-0.25, -0.2) is 4.98 Å². The Morgan fingerprint density at radius 1 is 1.00 bits per heavy atom. The molecule has 0 atom stereocenters. The minimum Gasteiger partial charge on any atom is -0.455 e. The summed E-state index contributed by atoms with van der Waals surface area (Å²) in [6.07, 6.45) is 1.93. The molecule has 140 valence electrons. The van der Waals surface area contributed by atoms with E-state index < -0.39 is 0 Å². The van der Waals surface area contributed by atoms with Gasteiger partial charge in [-0.05, 0) is 49.2 Å². The normalized spacial score (nSPS) is 12.5. The molecule has 2 aromatic carbocycles. The van der Waals surface area contributed by atoms with Crippen LogP contribution < -0.4 is 0 Å². The highest BCUT2D eigenvalue weighted by Crippen LogP contribution is 2.42. The lowest BCUT2D eigenvalue weighted by molar-refractivity contribution is 0.587. The number of hydrogen-bond donors (Lipinski definition) is 0. The van der Waals surface area contributed by atoms with Crippen molar-refractivity contribution in [3.05, 3.63) is 58.7 Å². The Labute approximate surface area is 168 Å². The van der Waals surface area contributed by atoms with Gasteiger partial charge >= 0.3 is 0 Å². The summed E-state index contributed by atoms with van der Waals surface area (Å²) in [5.41, 5.74) is 7.28. The molecule has 0 aliphatic rings. The zero-order valence-corrected chi connectivity index (χ0v) is 17.6. The first-order valence-corrected chi connectivity index (χ1v) is 10.3. The highest BCUT2D eigenvalue weighted by Gasteiger charge is 2.22. The lowest BCUT2D eigenvalue weighted by atomic mass is 9.98. The second-order valence-electron chi connectivity index (χ2n) is 8.49. The smallest absolute Gasteiger partial charge is 0.144 e. The van der Waals surface area contributed by atoms with Crippen LogP contribution in [0.25, 0.3) is 43.4 Å². The van der Waals surface area contributed by atoms with Gasteiger partial charge in [0.05, 0.1) is 20.9 Å².